The highest BCUT2D eigenvalue weighted by Crippen LogP contribution is 2.25. The first-order valence-corrected chi connectivity index (χ1v) is 8.20. The van der Waals surface area contributed by atoms with Gasteiger partial charge in [0.1, 0.15) is 11.6 Å². The second-order valence-electron chi connectivity index (χ2n) is 5.83. The molecule has 2 atom stereocenters. The van der Waals surface area contributed by atoms with Crippen LogP contribution >= 0.6 is 0 Å². The highest BCUT2D eigenvalue weighted by molar-refractivity contribution is 7.86. The Morgan fingerprint density at radius 2 is 1.81 bits per heavy atom. The van der Waals surface area contributed by atoms with Gasteiger partial charge in [0.15, 0.2) is 0 Å². The van der Waals surface area contributed by atoms with Gasteiger partial charge >= 0.3 is 12.1 Å². The predicted molar refractivity (Wildman–Crippen MR) is 73.1 cm³/mol. The molecule has 1 aliphatic heterocycles. The number of esters is 1. The van der Waals surface area contributed by atoms with Crippen LogP contribution in [-0.2, 0) is 28.6 Å². The zero-order valence-corrected chi connectivity index (χ0v) is 13.6. The maximum atomic E-state index is 12.1. The van der Waals surface area contributed by atoms with Gasteiger partial charge in [-0.15, -0.1) is 0 Å². The molecule has 0 saturated carbocycles. The highest BCUT2D eigenvalue weighted by Gasteiger charge is 2.43. The molecule has 0 bridgehead atoms. The Kier molecular flexibility index (Phi) is 5.21. The summed E-state index contributed by atoms with van der Waals surface area (Å²) in [4.78, 5) is 25.0. The fourth-order valence-corrected chi connectivity index (χ4v) is 2.63. The minimum Gasteiger partial charge on any atom is -0.467 e. The van der Waals surface area contributed by atoms with Gasteiger partial charge in [-0.25, -0.2) is 9.59 Å². The van der Waals surface area contributed by atoms with Crippen molar-refractivity contribution in [2.24, 2.45) is 0 Å². The maximum absolute atomic E-state index is 12.1. The number of carbonyl (C=O) groups is 2. The molecule has 1 amide bonds. The zero-order valence-electron chi connectivity index (χ0n) is 12.8. The number of carbonyl (C=O) groups excluding carboxylic acids is 2. The van der Waals surface area contributed by atoms with E-state index in [9.17, 15) is 18.0 Å². The Morgan fingerprint density at radius 1 is 1.24 bits per heavy atom. The van der Waals surface area contributed by atoms with Gasteiger partial charge in [-0.05, 0) is 20.8 Å². The molecule has 1 saturated heterocycles. The van der Waals surface area contributed by atoms with Gasteiger partial charge in [0.05, 0.1) is 26.0 Å². The summed E-state index contributed by atoms with van der Waals surface area (Å²) < 4.78 is 37.0. The lowest BCUT2D eigenvalue weighted by molar-refractivity contribution is -0.145. The van der Waals surface area contributed by atoms with Gasteiger partial charge in [0, 0.05) is 6.42 Å². The van der Waals surface area contributed by atoms with E-state index in [0.717, 1.165) is 11.2 Å². The van der Waals surface area contributed by atoms with Crippen LogP contribution in [0.5, 0.6) is 0 Å². The molecule has 0 aromatic rings. The van der Waals surface area contributed by atoms with E-state index in [0.29, 0.717) is 0 Å². The number of hydrogen-bond acceptors (Lipinski definition) is 7. The highest BCUT2D eigenvalue weighted by atomic mass is 32.2. The molecule has 0 aliphatic carbocycles. The smallest absolute Gasteiger partial charge is 0.411 e. The first kappa shape index (κ1) is 17.7. The molecule has 21 heavy (non-hydrogen) atoms. The third kappa shape index (κ3) is 5.50. The summed E-state index contributed by atoms with van der Waals surface area (Å²) in [6.07, 6.45) is -0.552. The van der Waals surface area contributed by atoms with Crippen LogP contribution in [0.2, 0.25) is 0 Å². The molecule has 0 N–H and O–H groups in total. The van der Waals surface area contributed by atoms with E-state index in [1.54, 1.807) is 20.8 Å². The van der Waals surface area contributed by atoms with E-state index in [-0.39, 0.29) is 13.0 Å². The van der Waals surface area contributed by atoms with Crippen LogP contribution in [-0.4, -0.2) is 63.0 Å². The second-order valence-corrected chi connectivity index (χ2v) is 7.43. The van der Waals surface area contributed by atoms with Gasteiger partial charge in [-0.3, -0.25) is 9.08 Å². The number of hydrogen-bond donors (Lipinski definition) is 0. The molecule has 1 aliphatic rings. The van der Waals surface area contributed by atoms with E-state index >= 15 is 0 Å². The first-order valence-electron chi connectivity index (χ1n) is 6.38. The Hall–Kier alpha value is -1.35. The minimum absolute atomic E-state index is 0.0407. The number of rotatable bonds is 3. The van der Waals surface area contributed by atoms with Crippen molar-refractivity contribution in [2.45, 2.75) is 44.9 Å². The standard InChI is InChI=1S/C12H21NO7S/c1-12(2,3)19-11(15)13-7-8(20-21(5,16)17)6-9(13)10(14)18-4/h8-9H,6-7H2,1-5H3. The van der Waals surface area contributed by atoms with Crippen molar-refractivity contribution in [1.82, 2.24) is 4.90 Å². The molecule has 9 heteroatoms. The van der Waals surface area contributed by atoms with Crippen molar-refractivity contribution < 1.29 is 31.7 Å². The Morgan fingerprint density at radius 3 is 2.24 bits per heavy atom. The van der Waals surface area contributed by atoms with Crippen LogP contribution in [0.25, 0.3) is 0 Å². The van der Waals surface area contributed by atoms with Gasteiger partial charge in [0.25, 0.3) is 10.1 Å². The second kappa shape index (κ2) is 6.18. The van der Waals surface area contributed by atoms with Crippen LogP contribution in [0.4, 0.5) is 4.79 Å². The number of amides is 1. The number of likely N-dealkylation sites (tertiary alicyclic amines) is 1. The summed E-state index contributed by atoms with van der Waals surface area (Å²) >= 11 is 0. The summed E-state index contributed by atoms with van der Waals surface area (Å²) in [6, 6.07) is -0.920. The summed E-state index contributed by atoms with van der Waals surface area (Å²) in [7, 11) is -2.48. The van der Waals surface area contributed by atoms with Crippen molar-refractivity contribution in [3.05, 3.63) is 0 Å². The van der Waals surface area contributed by atoms with Gasteiger partial charge in [0.2, 0.25) is 0 Å². The van der Waals surface area contributed by atoms with E-state index in [4.69, 9.17) is 8.92 Å². The Balaban J connectivity index is 2.88. The van der Waals surface area contributed by atoms with Crippen LogP contribution in [0.15, 0.2) is 0 Å². The molecule has 122 valence electrons. The summed E-state index contributed by atoms with van der Waals surface area (Å²) in [5, 5.41) is 0. The normalized spacial score (nSPS) is 23.0. The minimum atomic E-state index is -3.68. The van der Waals surface area contributed by atoms with Crippen molar-refractivity contribution in [3.63, 3.8) is 0 Å². The fourth-order valence-electron chi connectivity index (χ4n) is 2.00. The Bertz CT molecular complexity index is 508. The van der Waals surface area contributed by atoms with Gasteiger partial charge in [-0.2, -0.15) is 8.42 Å². The fraction of sp³-hybridized carbons (Fsp3) is 0.833. The van der Waals surface area contributed by atoms with E-state index < -0.39 is 39.9 Å². The topological polar surface area (TPSA) is 99.2 Å². The van der Waals surface area contributed by atoms with E-state index in [2.05, 4.69) is 4.74 Å². The van der Waals surface area contributed by atoms with Crippen LogP contribution in [0, 0.1) is 0 Å². The SMILES string of the molecule is COC(=O)C1CC(OS(C)(=O)=O)CN1C(=O)OC(C)(C)C. The van der Waals surface area contributed by atoms with Gasteiger partial charge < -0.3 is 9.47 Å². The lowest BCUT2D eigenvalue weighted by Gasteiger charge is -2.27. The lowest BCUT2D eigenvalue weighted by Crippen LogP contribution is -2.44. The molecule has 0 aromatic carbocycles. The van der Waals surface area contributed by atoms with Crippen LogP contribution < -0.4 is 0 Å². The van der Waals surface area contributed by atoms with Crippen LogP contribution in [0.1, 0.15) is 27.2 Å². The zero-order chi connectivity index (χ0) is 16.4. The molecule has 1 rings (SSSR count). The third-order valence-corrected chi connectivity index (χ3v) is 3.30. The van der Waals surface area contributed by atoms with Crippen molar-refractivity contribution in [2.75, 3.05) is 19.9 Å². The average molecular weight is 323 g/mol. The largest absolute Gasteiger partial charge is 0.467 e. The molecule has 1 heterocycles. The summed E-state index contributed by atoms with van der Waals surface area (Å²) in [5.41, 5.74) is -0.729. The average Bonchev–Trinajstić information content (AvgIpc) is 2.67. The predicted octanol–water partition coefficient (Wildman–Crippen LogP) is 0.514. The van der Waals surface area contributed by atoms with Crippen molar-refractivity contribution in [3.8, 4) is 0 Å². The summed E-state index contributed by atoms with van der Waals surface area (Å²) in [5.74, 6) is -0.638. The summed E-state index contributed by atoms with van der Waals surface area (Å²) in [6.45, 7) is 5.03. The van der Waals surface area contributed by atoms with E-state index in [1.165, 1.54) is 7.11 Å². The lowest BCUT2D eigenvalue weighted by atomic mass is 10.2. The number of nitrogens with zero attached hydrogens (tertiary/aromatic N) is 1. The molecule has 0 aromatic heterocycles. The number of methoxy groups -OCH3 is 1. The van der Waals surface area contributed by atoms with Crippen molar-refractivity contribution in [1.29, 1.82) is 0 Å². The first-order chi connectivity index (χ1) is 9.43. The monoisotopic (exact) mass is 323 g/mol. The molecular weight excluding hydrogens is 302 g/mol. The molecular formula is C12H21NO7S. The van der Waals surface area contributed by atoms with E-state index in [1.807, 2.05) is 0 Å². The van der Waals surface area contributed by atoms with Crippen LogP contribution in [0.3, 0.4) is 0 Å². The quantitative estimate of drug-likeness (QED) is 0.551. The third-order valence-electron chi connectivity index (χ3n) is 2.67. The van der Waals surface area contributed by atoms with Crippen molar-refractivity contribution >= 4 is 22.2 Å². The molecule has 8 nitrogen and oxygen atoms in total. The maximum Gasteiger partial charge on any atom is 0.411 e. The molecule has 0 spiro atoms. The molecule has 0 radical (unpaired) electrons. The molecule has 2 unspecified atom stereocenters. The number of ether oxygens (including phenoxy) is 2. The van der Waals surface area contributed by atoms with Gasteiger partial charge in [-0.1, -0.05) is 0 Å². The molecule has 1 fully saturated rings. The Labute approximate surface area is 124 Å².